The number of aryl methyl sites for hydroxylation is 1. The van der Waals surface area contributed by atoms with Crippen molar-refractivity contribution in [3.63, 3.8) is 0 Å². The molecule has 1 aliphatic heterocycles. The van der Waals surface area contributed by atoms with Gasteiger partial charge in [-0.25, -0.2) is 9.69 Å². The fourth-order valence-corrected chi connectivity index (χ4v) is 3.84. The third-order valence-corrected chi connectivity index (χ3v) is 6.15. The minimum atomic E-state index is -0.693. The van der Waals surface area contributed by atoms with Gasteiger partial charge >= 0.3 is 5.97 Å². The molecule has 0 radical (unpaired) electrons. The van der Waals surface area contributed by atoms with Crippen LogP contribution in [0.2, 0.25) is 0 Å². The van der Waals surface area contributed by atoms with Gasteiger partial charge in [-0.15, -0.1) is 0 Å². The van der Waals surface area contributed by atoms with Crippen LogP contribution in [-0.2, 0) is 9.59 Å². The molecule has 0 bridgehead atoms. The van der Waals surface area contributed by atoms with Gasteiger partial charge in [0.1, 0.15) is 28.0 Å². The summed E-state index contributed by atoms with van der Waals surface area (Å²) < 4.78 is 16.0. The molecule has 8 nitrogen and oxygen atoms in total. The fraction of sp³-hybridized carbons (Fsp3) is 0.148. The van der Waals surface area contributed by atoms with Gasteiger partial charge in [0, 0.05) is 11.8 Å². The summed E-state index contributed by atoms with van der Waals surface area (Å²) in [5, 5.41) is 2.61. The molecular formula is C27H23ClN2O6. The first-order valence-corrected chi connectivity index (χ1v) is 11.3. The van der Waals surface area contributed by atoms with Gasteiger partial charge in [-0.2, -0.15) is 0 Å². The number of rotatable bonds is 7. The zero-order chi connectivity index (χ0) is 26.0. The second-order valence-electron chi connectivity index (χ2n) is 7.96. The number of halogens is 1. The number of carbonyl (C=O) groups excluding carboxylic acids is 3. The van der Waals surface area contributed by atoms with Crippen LogP contribution in [0.15, 0.2) is 71.4 Å². The zero-order valence-corrected chi connectivity index (χ0v) is 20.8. The van der Waals surface area contributed by atoms with Gasteiger partial charge in [0.05, 0.1) is 25.5 Å². The average Bonchev–Trinajstić information content (AvgIpc) is 3.09. The smallest absolute Gasteiger partial charge is 0.343 e. The largest absolute Gasteiger partial charge is 0.497 e. The number of nitrogens with one attached hydrogen (secondary N) is 1. The molecule has 184 valence electrons. The first-order chi connectivity index (χ1) is 17.2. The Labute approximate surface area is 213 Å². The van der Waals surface area contributed by atoms with E-state index in [1.807, 2.05) is 26.0 Å². The van der Waals surface area contributed by atoms with Gasteiger partial charge in [0.25, 0.3) is 11.8 Å². The normalized spacial score (nSPS) is 13.2. The number of carbonyl (C=O) groups is 3. The molecule has 1 N–H and O–H groups in total. The Kier molecular flexibility index (Phi) is 6.98. The zero-order valence-electron chi connectivity index (χ0n) is 20.0. The van der Waals surface area contributed by atoms with Crippen molar-refractivity contribution in [2.24, 2.45) is 0 Å². The summed E-state index contributed by atoms with van der Waals surface area (Å²) in [4.78, 5) is 39.5. The lowest BCUT2D eigenvalue weighted by molar-refractivity contribution is -0.120. The average molecular weight is 507 g/mol. The van der Waals surface area contributed by atoms with Crippen molar-refractivity contribution in [2.45, 2.75) is 13.8 Å². The number of imide groups is 1. The second-order valence-corrected chi connectivity index (χ2v) is 8.34. The van der Waals surface area contributed by atoms with Crippen LogP contribution in [-0.4, -0.2) is 32.0 Å². The molecule has 2 amide bonds. The molecule has 3 aromatic carbocycles. The van der Waals surface area contributed by atoms with Crippen LogP contribution in [0, 0.1) is 13.8 Å². The number of hydrogen-bond acceptors (Lipinski definition) is 7. The molecule has 0 unspecified atom stereocenters. The quantitative estimate of drug-likeness (QED) is 0.274. The third kappa shape index (κ3) is 4.63. The van der Waals surface area contributed by atoms with E-state index in [1.54, 1.807) is 42.5 Å². The highest BCUT2D eigenvalue weighted by molar-refractivity contribution is 6.53. The van der Waals surface area contributed by atoms with Crippen LogP contribution in [0.4, 0.5) is 11.4 Å². The van der Waals surface area contributed by atoms with Crippen molar-refractivity contribution in [3.8, 4) is 17.2 Å². The number of benzene rings is 3. The van der Waals surface area contributed by atoms with Crippen molar-refractivity contribution >= 4 is 40.8 Å². The van der Waals surface area contributed by atoms with Crippen molar-refractivity contribution in [1.82, 2.24) is 0 Å². The molecule has 9 heteroatoms. The lowest BCUT2D eigenvalue weighted by atomic mass is 10.1. The van der Waals surface area contributed by atoms with E-state index >= 15 is 0 Å². The summed E-state index contributed by atoms with van der Waals surface area (Å²) in [6.45, 7) is 3.82. The van der Waals surface area contributed by atoms with Crippen molar-refractivity contribution < 1.29 is 28.6 Å². The maximum absolute atomic E-state index is 13.1. The van der Waals surface area contributed by atoms with Gasteiger partial charge in [0.15, 0.2) is 0 Å². The Morgan fingerprint density at radius 2 is 1.61 bits per heavy atom. The summed E-state index contributed by atoms with van der Waals surface area (Å²) in [6, 6.07) is 16.5. The van der Waals surface area contributed by atoms with Crippen LogP contribution in [0.1, 0.15) is 21.5 Å². The first kappa shape index (κ1) is 24.8. The minimum absolute atomic E-state index is 0.0924. The maximum atomic E-state index is 13.1. The molecule has 0 spiro atoms. The topological polar surface area (TPSA) is 94.2 Å². The molecule has 1 aliphatic rings. The lowest BCUT2D eigenvalue weighted by Crippen LogP contribution is -2.32. The van der Waals surface area contributed by atoms with E-state index in [-0.39, 0.29) is 22.2 Å². The molecule has 4 rings (SSSR count). The van der Waals surface area contributed by atoms with Gasteiger partial charge in [-0.1, -0.05) is 23.7 Å². The molecule has 0 atom stereocenters. The van der Waals surface area contributed by atoms with E-state index in [0.29, 0.717) is 22.7 Å². The molecule has 0 saturated heterocycles. The van der Waals surface area contributed by atoms with Crippen LogP contribution in [0.25, 0.3) is 0 Å². The number of amides is 2. The monoisotopic (exact) mass is 506 g/mol. The van der Waals surface area contributed by atoms with Gasteiger partial charge in [-0.3, -0.25) is 9.59 Å². The number of nitrogens with zero attached hydrogens (tertiary/aromatic N) is 1. The van der Waals surface area contributed by atoms with Crippen LogP contribution < -0.4 is 24.4 Å². The number of anilines is 2. The SMILES string of the molecule is COc1ccc(N2C(=O)C(Cl)=C(Nc3ccc(C(=O)Oc4cccc(C)c4C)cc3)C2=O)c(OC)c1. The Balaban J connectivity index is 1.51. The van der Waals surface area contributed by atoms with Gasteiger partial charge in [-0.05, 0) is 67.4 Å². The Hall–Kier alpha value is -4.30. The summed E-state index contributed by atoms with van der Waals surface area (Å²) in [6.07, 6.45) is 0. The van der Waals surface area contributed by atoms with Crippen molar-refractivity contribution in [1.29, 1.82) is 0 Å². The highest BCUT2D eigenvalue weighted by atomic mass is 35.5. The standard InChI is InChI=1S/C27H23ClN2O6/c1-15-6-5-7-21(16(15)2)36-27(33)17-8-10-18(11-9-17)29-24-23(28)25(31)30(26(24)32)20-13-12-19(34-3)14-22(20)35-4/h5-14,29H,1-4H3. The second kappa shape index (κ2) is 10.1. The molecule has 3 aromatic rings. The lowest BCUT2D eigenvalue weighted by Gasteiger charge is -2.18. The molecular weight excluding hydrogens is 484 g/mol. The molecule has 36 heavy (non-hydrogen) atoms. The molecule has 0 aromatic heterocycles. The predicted molar refractivity (Wildman–Crippen MR) is 136 cm³/mol. The van der Waals surface area contributed by atoms with Crippen LogP contribution >= 0.6 is 11.6 Å². The number of methoxy groups -OCH3 is 2. The Bertz CT molecular complexity index is 1400. The number of ether oxygens (including phenoxy) is 3. The van der Waals surface area contributed by atoms with E-state index in [1.165, 1.54) is 20.3 Å². The minimum Gasteiger partial charge on any atom is -0.497 e. The summed E-state index contributed by atoms with van der Waals surface area (Å²) in [5.74, 6) is -0.592. The Morgan fingerprint density at radius 1 is 0.889 bits per heavy atom. The highest BCUT2D eigenvalue weighted by Gasteiger charge is 2.40. The summed E-state index contributed by atoms with van der Waals surface area (Å²) in [5.41, 5.74) is 2.81. The van der Waals surface area contributed by atoms with Crippen molar-refractivity contribution in [2.75, 3.05) is 24.4 Å². The molecule has 0 aliphatic carbocycles. The summed E-state index contributed by atoms with van der Waals surface area (Å²) in [7, 11) is 2.92. The van der Waals surface area contributed by atoms with E-state index in [4.69, 9.17) is 25.8 Å². The van der Waals surface area contributed by atoms with Crippen LogP contribution in [0.3, 0.4) is 0 Å². The third-order valence-electron chi connectivity index (χ3n) is 5.80. The summed E-state index contributed by atoms with van der Waals surface area (Å²) >= 11 is 6.24. The van der Waals surface area contributed by atoms with E-state index < -0.39 is 17.8 Å². The highest BCUT2D eigenvalue weighted by Crippen LogP contribution is 2.37. The molecule has 0 saturated carbocycles. The fourth-order valence-electron chi connectivity index (χ4n) is 3.63. The van der Waals surface area contributed by atoms with Gasteiger partial charge in [0.2, 0.25) is 0 Å². The number of esters is 1. The van der Waals surface area contributed by atoms with E-state index in [2.05, 4.69) is 5.32 Å². The van der Waals surface area contributed by atoms with Crippen molar-refractivity contribution in [3.05, 3.63) is 88.1 Å². The van der Waals surface area contributed by atoms with Crippen LogP contribution in [0.5, 0.6) is 17.2 Å². The molecule has 1 heterocycles. The van der Waals surface area contributed by atoms with Gasteiger partial charge < -0.3 is 19.5 Å². The number of hydrogen-bond donors (Lipinski definition) is 1. The predicted octanol–water partition coefficient (Wildman–Crippen LogP) is 4.98. The Morgan fingerprint density at radius 3 is 2.28 bits per heavy atom. The maximum Gasteiger partial charge on any atom is 0.343 e. The molecule has 0 fully saturated rings. The first-order valence-electron chi connectivity index (χ1n) is 10.9. The van der Waals surface area contributed by atoms with E-state index in [9.17, 15) is 14.4 Å². The van der Waals surface area contributed by atoms with E-state index in [0.717, 1.165) is 16.0 Å².